The van der Waals surface area contributed by atoms with Gasteiger partial charge < -0.3 is 10.0 Å². The first-order valence-electron chi connectivity index (χ1n) is 9.08. The molecule has 146 valence electrons. The van der Waals surface area contributed by atoms with Gasteiger partial charge in [0.15, 0.2) is 0 Å². The van der Waals surface area contributed by atoms with Gasteiger partial charge in [0.25, 0.3) is 5.91 Å². The minimum Gasteiger partial charge on any atom is -0.481 e. The predicted octanol–water partition coefficient (Wildman–Crippen LogP) is 6.01. The number of rotatable bonds is 4. The number of nitrogens with zero attached hydrogens (tertiary/aromatic N) is 1. The lowest BCUT2D eigenvalue weighted by Gasteiger charge is -2.17. The van der Waals surface area contributed by atoms with Gasteiger partial charge in [-0.3, -0.25) is 9.59 Å². The number of carbonyl (C=O) groups excluding carboxylic acids is 1. The van der Waals surface area contributed by atoms with E-state index in [1.807, 2.05) is 30.3 Å². The van der Waals surface area contributed by atoms with E-state index < -0.39 is 11.9 Å². The van der Waals surface area contributed by atoms with Gasteiger partial charge in [-0.1, -0.05) is 47.5 Å². The molecule has 0 bridgehead atoms. The van der Waals surface area contributed by atoms with Gasteiger partial charge in [-0.25, -0.2) is 0 Å². The number of carboxylic acid groups (broad SMARTS) is 1. The van der Waals surface area contributed by atoms with Crippen molar-refractivity contribution in [2.45, 2.75) is 19.4 Å². The Morgan fingerprint density at radius 1 is 0.966 bits per heavy atom. The largest absolute Gasteiger partial charge is 0.481 e. The standard InChI is InChI=1S/C23H17Cl2NO3/c1-13(23(28)29)14-2-6-18(7-3-14)26-12-17-10-15(4-8-19(17)22(26)27)16-5-9-20(24)21(25)11-16/h2-11,13H,12H2,1H3,(H,28,29). The van der Waals surface area contributed by atoms with Crippen LogP contribution >= 0.6 is 23.2 Å². The van der Waals surface area contributed by atoms with E-state index in [-0.39, 0.29) is 5.91 Å². The lowest BCUT2D eigenvalue weighted by atomic mass is 10.0. The van der Waals surface area contributed by atoms with Crippen LogP contribution in [0.3, 0.4) is 0 Å². The number of anilines is 1. The molecule has 0 aromatic heterocycles. The Morgan fingerprint density at radius 3 is 2.28 bits per heavy atom. The Morgan fingerprint density at radius 2 is 1.62 bits per heavy atom. The summed E-state index contributed by atoms with van der Waals surface area (Å²) in [5.74, 6) is -1.54. The van der Waals surface area contributed by atoms with Crippen molar-refractivity contribution in [3.63, 3.8) is 0 Å². The summed E-state index contributed by atoms with van der Waals surface area (Å²) >= 11 is 12.1. The van der Waals surface area contributed by atoms with Crippen LogP contribution in [0, 0.1) is 0 Å². The molecule has 0 spiro atoms. The number of halogens is 2. The molecule has 0 radical (unpaired) electrons. The van der Waals surface area contributed by atoms with Crippen molar-refractivity contribution in [1.29, 1.82) is 0 Å². The number of amides is 1. The first-order valence-corrected chi connectivity index (χ1v) is 9.83. The maximum Gasteiger partial charge on any atom is 0.310 e. The van der Waals surface area contributed by atoms with Gasteiger partial charge >= 0.3 is 5.97 Å². The van der Waals surface area contributed by atoms with Gasteiger partial charge in [0.05, 0.1) is 22.5 Å². The Balaban J connectivity index is 1.61. The molecule has 1 aliphatic heterocycles. The molecule has 1 amide bonds. The SMILES string of the molecule is CC(C(=O)O)c1ccc(N2Cc3cc(-c4ccc(Cl)c(Cl)c4)ccc3C2=O)cc1. The summed E-state index contributed by atoms with van der Waals surface area (Å²) < 4.78 is 0. The second kappa shape index (κ2) is 7.54. The van der Waals surface area contributed by atoms with E-state index in [1.165, 1.54) is 0 Å². The quantitative estimate of drug-likeness (QED) is 0.556. The van der Waals surface area contributed by atoms with Crippen LogP contribution in [0.25, 0.3) is 11.1 Å². The molecule has 1 N–H and O–H groups in total. The number of fused-ring (bicyclic) bond motifs is 1. The van der Waals surface area contributed by atoms with E-state index in [4.69, 9.17) is 28.3 Å². The molecule has 0 saturated heterocycles. The van der Waals surface area contributed by atoms with Crippen molar-refractivity contribution in [3.05, 3.63) is 87.4 Å². The molecule has 1 unspecified atom stereocenters. The van der Waals surface area contributed by atoms with Crippen molar-refractivity contribution >= 4 is 40.8 Å². The Hall–Kier alpha value is -2.82. The fourth-order valence-electron chi connectivity index (χ4n) is 3.47. The van der Waals surface area contributed by atoms with Crippen LogP contribution in [0.5, 0.6) is 0 Å². The Kier molecular flexibility index (Phi) is 5.07. The molecule has 0 saturated carbocycles. The highest BCUT2D eigenvalue weighted by Crippen LogP contribution is 2.34. The van der Waals surface area contributed by atoms with Gasteiger partial charge in [0.2, 0.25) is 0 Å². The number of carbonyl (C=O) groups is 2. The zero-order valence-corrected chi connectivity index (χ0v) is 17.0. The summed E-state index contributed by atoms with van der Waals surface area (Å²) in [4.78, 5) is 25.7. The first kappa shape index (κ1) is 19.5. The smallest absolute Gasteiger partial charge is 0.310 e. The summed E-state index contributed by atoms with van der Waals surface area (Å²) in [6.45, 7) is 2.09. The maximum atomic E-state index is 12.9. The topological polar surface area (TPSA) is 57.6 Å². The summed E-state index contributed by atoms with van der Waals surface area (Å²) in [5, 5.41) is 10.1. The molecule has 6 heteroatoms. The van der Waals surface area contributed by atoms with Crippen molar-refractivity contribution in [3.8, 4) is 11.1 Å². The Bertz CT molecular complexity index is 1130. The first-order chi connectivity index (χ1) is 13.8. The third-order valence-corrected chi connectivity index (χ3v) is 5.98. The second-order valence-corrected chi connectivity index (χ2v) is 7.86. The van der Waals surface area contributed by atoms with Crippen molar-refractivity contribution in [2.75, 3.05) is 4.90 Å². The molecule has 1 heterocycles. The molecule has 1 aliphatic rings. The van der Waals surface area contributed by atoms with Crippen LogP contribution in [-0.4, -0.2) is 17.0 Å². The summed E-state index contributed by atoms with van der Waals surface area (Å²) in [6.07, 6.45) is 0. The molecule has 0 fully saturated rings. The molecule has 0 aliphatic carbocycles. The van der Waals surface area contributed by atoms with E-state index >= 15 is 0 Å². The third-order valence-electron chi connectivity index (χ3n) is 5.24. The van der Waals surface area contributed by atoms with Gasteiger partial charge in [-0.2, -0.15) is 0 Å². The molecule has 1 atom stereocenters. The van der Waals surface area contributed by atoms with E-state index in [0.717, 1.165) is 22.4 Å². The zero-order valence-electron chi connectivity index (χ0n) is 15.5. The average Bonchev–Trinajstić information content (AvgIpc) is 3.05. The zero-order chi connectivity index (χ0) is 20.7. The minimum absolute atomic E-state index is 0.0697. The van der Waals surface area contributed by atoms with Crippen molar-refractivity contribution < 1.29 is 14.7 Å². The average molecular weight is 426 g/mol. The summed E-state index contributed by atoms with van der Waals surface area (Å²) in [5.41, 5.74) is 4.93. The van der Waals surface area contributed by atoms with Crippen molar-refractivity contribution in [2.24, 2.45) is 0 Å². The molecule has 4 nitrogen and oxygen atoms in total. The fourth-order valence-corrected chi connectivity index (χ4v) is 3.77. The monoisotopic (exact) mass is 425 g/mol. The van der Waals surface area contributed by atoms with Crippen LogP contribution in [0.1, 0.15) is 34.3 Å². The highest BCUT2D eigenvalue weighted by atomic mass is 35.5. The van der Waals surface area contributed by atoms with Crippen LogP contribution in [0.2, 0.25) is 10.0 Å². The van der Waals surface area contributed by atoms with Gasteiger partial charge in [-0.15, -0.1) is 0 Å². The number of benzene rings is 3. The molecular weight excluding hydrogens is 409 g/mol. The molecule has 3 aromatic rings. The molecule has 4 rings (SSSR count). The molecular formula is C23H17Cl2NO3. The maximum absolute atomic E-state index is 12.9. The highest BCUT2D eigenvalue weighted by Gasteiger charge is 2.29. The Labute approximate surface area is 178 Å². The van der Waals surface area contributed by atoms with Gasteiger partial charge in [0, 0.05) is 11.3 Å². The lowest BCUT2D eigenvalue weighted by Crippen LogP contribution is -2.23. The van der Waals surface area contributed by atoms with E-state index in [2.05, 4.69) is 0 Å². The summed E-state index contributed by atoms with van der Waals surface area (Å²) in [6, 6.07) is 18.3. The van der Waals surface area contributed by atoms with Crippen LogP contribution in [0.15, 0.2) is 60.7 Å². The van der Waals surface area contributed by atoms with E-state index in [1.54, 1.807) is 42.2 Å². The lowest BCUT2D eigenvalue weighted by molar-refractivity contribution is -0.138. The fraction of sp³-hybridized carbons (Fsp3) is 0.130. The number of hydrogen-bond acceptors (Lipinski definition) is 2. The molecule has 3 aromatic carbocycles. The summed E-state index contributed by atoms with van der Waals surface area (Å²) in [7, 11) is 0. The molecule has 29 heavy (non-hydrogen) atoms. The number of hydrogen-bond donors (Lipinski definition) is 1. The van der Waals surface area contributed by atoms with Crippen molar-refractivity contribution in [1.82, 2.24) is 0 Å². The second-order valence-electron chi connectivity index (χ2n) is 7.04. The number of carboxylic acids is 1. The van der Waals surface area contributed by atoms with Crippen LogP contribution < -0.4 is 4.90 Å². The number of aliphatic carboxylic acids is 1. The highest BCUT2D eigenvalue weighted by molar-refractivity contribution is 6.42. The van der Waals surface area contributed by atoms with Gasteiger partial charge in [-0.05, 0) is 65.6 Å². The van der Waals surface area contributed by atoms with Crippen LogP contribution in [0.4, 0.5) is 5.69 Å². The van der Waals surface area contributed by atoms with Crippen LogP contribution in [-0.2, 0) is 11.3 Å². The van der Waals surface area contributed by atoms with E-state index in [0.29, 0.717) is 27.7 Å². The minimum atomic E-state index is -0.878. The third kappa shape index (κ3) is 3.61. The normalized spacial score (nSPS) is 14.0. The van der Waals surface area contributed by atoms with E-state index in [9.17, 15) is 9.59 Å². The van der Waals surface area contributed by atoms with Gasteiger partial charge in [0.1, 0.15) is 0 Å². The predicted molar refractivity (Wildman–Crippen MR) is 115 cm³/mol.